The molecule has 2 aliphatic rings. The van der Waals surface area contributed by atoms with E-state index in [-0.39, 0.29) is 24.8 Å². The van der Waals surface area contributed by atoms with Crippen LogP contribution in [0.4, 0.5) is 5.69 Å². The standard InChI is InChI=1S/C15H14N.C5H5.C3H7.2ClH.Zr/c1-16(2)13-7-8-15-12(10-13)9-11-5-3-4-6-14(11)15;1-2-4-5-3-1;1-3-2;;;/h3-8H,9H2,1-2H3;1-3H,4H2;3H,1-2H3;2*1H;/q;;;;;+2/p-2. The van der Waals surface area contributed by atoms with Crippen molar-refractivity contribution in [2.45, 2.75) is 30.3 Å². The van der Waals surface area contributed by atoms with Crippen LogP contribution in [0.5, 0.6) is 0 Å². The number of allylic oxidation sites excluding steroid dienone is 4. The Morgan fingerprint density at radius 2 is 1.70 bits per heavy atom. The van der Waals surface area contributed by atoms with Gasteiger partial charge in [0.25, 0.3) is 0 Å². The monoisotopic (exact) mass is 476 g/mol. The van der Waals surface area contributed by atoms with Gasteiger partial charge in [-0.2, -0.15) is 0 Å². The Labute approximate surface area is 184 Å². The Hall–Kier alpha value is -0.817. The summed E-state index contributed by atoms with van der Waals surface area (Å²) in [5.41, 5.74) is 7.53. The summed E-state index contributed by atoms with van der Waals surface area (Å²) < 4.78 is 4.28. The summed E-state index contributed by atoms with van der Waals surface area (Å²) in [7, 11) is 4.41. The van der Waals surface area contributed by atoms with Gasteiger partial charge in [0.15, 0.2) is 0 Å². The summed E-state index contributed by atoms with van der Waals surface area (Å²) in [6.45, 7) is 4.91. The minimum Gasteiger partial charge on any atom is -1.00 e. The summed E-state index contributed by atoms with van der Waals surface area (Å²) in [5, 5.41) is 0. The number of rotatable bonds is 4. The molecule has 0 bridgehead atoms. The molecule has 2 aromatic rings. The first kappa shape index (κ1) is 22.5. The second kappa shape index (κ2) is 9.12. The molecule has 141 valence electrons. The smallest absolute Gasteiger partial charge is 1.00 e. The molecule has 0 N–H and O–H groups in total. The average molecular weight is 479 g/mol. The van der Waals surface area contributed by atoms with Crippen LogP contribution >= 0.6 is 0 Å². The molecule has 0 heterocycles. The quantitative estimate of drug-likeness (QED) is 0.477. The molecule has 2 aromatic carbocycles. The van der Waals surface area contributed by atoms with Crippen molar-refractivity contribution in [1.82, 2.24) is 0 Å². The predicted octanol–water partition coefficient (Wildman–Crippen LogP) is -0.753. The number of nitrogens with zero attached hydrogens (tertiary/aromatic N) is 1. The molecule has 0 aromatic heterocycles. The Bertz CT molecular complexity index is 884. The number of benzene rings is 2. The van der Waals surface area contributed by atoms with Crippen LogP contribution in [0.3, 0.4) is 0 Å². The predicted molar refractivity (Wildman–Crippen MR) is 106 cm³/mol. The normalized spacial score (nSPS) is 13.4. The molecule has 0 atom stereocenters. The van der Waals surface area contributed by atoms with Gasteiger partial charge in [0.1, 0.15) is 0 Å². The Morgan fingerprint density at radius 1 is 0.963 bits per heavy atom. The van der Waals surface area contributed by atoms with Crippen molar-refractivity contribution < 1.29 is 46.6 Å². The van der Waals surface area contributed by atoms with Gasteiger partial charge in [-0.1, -0.05) is 0 Å². The van der Waals surface area contributed by atoms with Gasteiger partial charge < -0.3 is 24.8 Å². The van der Waals surface area contributed by atoms with Crippen LogP contribution in [0.1, 0.15) is 31.4 Å². The molecule has 4 heteroatoms. The molecule has 0 unspecified atom stereocenters. The SMILES string of the molecule is C[CH](C)[Zr+2]([C]1=CC=CC1)[c]1c(N(C)C)ccc2c1Cc1ccccc1-2.[Cl-].[Cl-]. The van der Waals surface area contributed by atoms with E-state index < -0.39 is 21.8 Å². The first-order chi connectivity index (χ1) is 12.1. The maximum absolute atomic E-state index is 2.45. The molecule has 4 rings (SSSR count). The largest absolute Gasteiger partial charge is 1.00 e. The Kier molecular flexibility index (Phi) is 7.59. The number of fused-ring (bicyclic) bond motifs is 3. The van der Waals surface area contributed by atoms with E-state index in [0.29, 0.717) is 0 Å². The van der Waals surface area contributed by atoms with Gasteiger partial charge in [-0.15, -0.1) is 0 Å². The van der Waals surface area contributed by atoms with E-state index in [0.717, 1.165) is 10.0 Å². The van der Waals surface area contributed by atoms with Crippen LogP contribution in [0.25, 0.3) is 11.1 Å². The minimum absolute atomic E-state index is 0. The second-order valence-electron chi connectivity index (χ2n) is 7.61. The van der Waals surface area contributed by atoms with Gasteiger partial charge in [-0.05, 0) is 0 Å². The van der Waals surface area contributed by atoms with Gasteiger partial charge in [0.05, 0.1) is 0 Å². The number of anilines is 1. The van der Waals surface area contributed by atoms with E-state index in [9.17, 15) is 0 Å². The van der Waals surface area contributed by atoms with E-state index in [1.165, 1.54) is 28.8 Å². The fourth-order valence-corrected chi connectivity index (χ4v) is 12.7. The van der Waals surface area contributed by atoms with Gasteiger partial charge in [-0.3, -0.25) is 0 Å². The van der Waals surface area contributed by atoms with Crippen molar-refractivity contribution in [2.75, 3.05) is 19.0 Å². The number of hydrogen-bond donors (Lipinski definition) is 0. The zero-order valence-corrected chi connectivity index (χ0v) is 20.4. The maximum atomic E-state index is 2.45. The number of halogens is 2. The zero-order valence-electron chi connectivity index (χ0n) is 16.4. The van der Waals surface area contributed by atoms with Crippen molar-refractivity contribution >= 4 is 8.96 Å². The molecule has 0 saturated carbocycles. The van der Waals surface area contributed by atoms with Gasteiger partial charge in [-0.25, -0.2) is 0 Å². The van der Waals surface area contributed by atoms with Crippen LogP contribution in [0.15, 0.2) is 57.9 Å². The van der Waals surface area contributed by atoms with Crippen LogP contribution in [0.2, 0.25) is 3.63 Å². The summed E-state index contributed by atoms with van der Waals surface area (Å²) in [4.78, 5) is 2.34. The first-order valence-electron chi connectivity index (χ1n) is 9.22. The Balaban J connectivity index is 0.00000131. The van der Waals surface area contributed by atoms with Crippen molar-refractivity contribution in [3.8, 4) is 11.1 Å². The molecule has 27 heavy (non-hydrogen) atoms. The third-order valence-corrected chi connectivity index (χ3v) is 13.6. The molecule has 0 spiro atoms. The third kappa shape index (κ3) is 4.00. The molecule has 2 aliphatic carbocycles. The molecule has 0 saturated heterocycles. The molecule has 0 fully saturated rings. The fourth-order valence-electron chi connectivity index (χ4n) is 4.34. The van der Waals surface area contributed by atoms with Crippen LogP contribution in [-0.4, -0.2) is 14.1 Å². The molecular weight excluding hydrogens is 452 g/mol. The third-order valence-electron chi connectivity index (χ3n) is 5.41. The maximum Gasteiger partial charge on any atom is -1.00 e. The molecule has 1 nitrogen and oxygen atoms in total. The second-order valence-corrected chi connectivity index (χ2v) is 15.3. The summed E-state index contributed by atoms with van der Waals surface area (Å²) in [5.74, 6) is 0. The topological polar surface area (TPSA) is 3.24 Å². The summed E-state index contributed by atoms with van der Waals surface area (Å²) >= 11 is -1.95. The Morgan fingerprint density at radius 3 is 2.33 bits per heavy atom. The van der Waals surface area contributed by atoms with Crippen molar-refractivity contribution in [1.29, 1.82) is 0 Å². The molecule has 0 aliphatic heterocycles. The van der Waals surface area contributed by atoms with Crippen LogP contribution in [-0.2, 0) is 28.2 Å². The van der Waals surface area contributed by atoms with Gasteiger partial charge in [0, 0.05) is 0 Å². The first-order valence-corrected chi connectivity index (χ1v) is 13.1. The number of hydrogen-bond acceptors (Lipinski definition) is 1. The van der Waals surface area contributed by atoms with E-state index in [1.807, 2.05) is 0 Å². The summed E-state index contributed by atoms with van der Waals surface area (Å²) in [6, 6.07) is 13.7. The van der Waals surface area contributed by atoms with Crippen molar-refractivity contribution in [3.05, 3.63) is 69.0 Å². The molecule has 0 radical (unpaired) electrons. The van der Waals surface area contributed by atoms with Crippen molar-refractivity contribution in [3.63, 3.8) is 0 Å². The minimum atomic E-state index is -1.95. The van der Waals surface area contributed by atoms with E-state index >= 15 is 0 Å². The van der Waals surface area contributed by atoms with Gasteiger partial charge in [0.2, 0.25) is 0 Å². The molecule has 0 amide bonds. The van der Waals surface area contributed by atoms with E-state index in [1.54, 1.807) is 12.1 Å². The summed E-state index contributed by atoms with van der Waals surface area (Å²) in [6.07, 6.45) is 9.32. The zero-order chi connectivity index (χ0) is 17.6. The van der Waals surface area contributed by atoms with Crippen LogP contribution in [0, 0.1) is 0 Å². The van der Waals surface area contributed by atoms with Crippen LogP contribution < -0.4 is 33.0 Å². The van der Waals surface area contributed by atoms with E-state index in [2.05, 4.69) is 87.5 Å². The van der Waals surface area contributed by atoms with Crippen molar-refractivity contribution in [2.24, 2.45) is 0 Å². The van der Waals surface area contributed by atoms with E-state index in [4.69, 9.17) is 0 Å². The van der Waals surface area contributed by atoms with Gasteiger partial charge >= 0.3 is 160 Å². The fraction of sp³-hybridized carbons (Fsp3) is 0.304. The molecular formula is C23H26Cl2NZr. The average Bonchev–Trinajstić information content (AvgIpc) is 3.22.